The summed E-state index contributed by atoms with van der Waals surface area (Å²) in [6, 6.07) is 0.409. The summed E-state index contributed by atoms with van der Waals surface area (Å²) in [7, 11) is 1.92. The molecule has 1 aliphatic heterocycles. The van der Waals surface area contributed by atoms with Crippen LogP contribution in [0.2, 0.25) is 0 Å². The third-order valence-corrected chi connectivity index (χ3v) is 5.34. The van der Waals surface area contributed by atoms with Crippen LogP contribution >= 0.6 is 12.4 Å². The van der Waals surface area contributed by atoms with Crippen LogP contribution < -0.4 is 0 Å². The minimum atomic E-state index is -0.736. The number of rotatable bonds is 7. The van der Waals surface area contributed by atoms with Crippen LogP contribution in [-0.2, 0) is 9.53 Å². The number of nitrogens with zero attached hydrogens (tertiary/aromatic N) is 2. The minimum absolute atomic E-state index is 0. The second-order valence-electron chi connectivity index (χ2n) is 7.05. The van der Waals surface area contributed by atoms with Gasteiger partial charge in [0.15, 0.2) is 0 Å². The molecule has 0 spiro atoms. The summed E-state index contributed by atoms with van der Waals surface area (Å²) in [6.07, 6.45) is 7.80. The Morgan fingerprint density at radius 2 is 1.87 bits per heavy atom. The lowest BCUT2D eigenvalue weighted by Crippen LogP contribution is -2.45. The van der Waals surface area contributed by atoms with Gasteiger partial charge in [0.2, 0.25) is 0 Å². The highest BCUT2D eigenvalue weighted by Crippen LogP contribution is 2.26. The third kappa shape index (κ3) is 6.96. The number of hydrogen-bond donors (Lipinski definition) is 1. The lowest BCUT2D eigenvalue weighted by Gasteiger charge is -2.36. The molecule has 0 amide bonds. The van der Waals surface area contributed by atoms with Crippen molar-refractivity contribution in [1.29, 1.82) is 0 Å². The van der Waals surface area contributed by atoms with Gasteiger partial charge in [-0.3, -0.25) is 9.69 Å². The van der Waals surface area contributed by atoms with Crippen molar-refractivity contribution in [2.24, 2.45) is 5.92 Å². The Labute approximate surface area is 146 Å². The normalized spacial score (nSPS) is 26.9. The van der Waals surface area contributed by atoms with Crippen molar-refractivity contribution >= 4 is 18.4 Å². The Bertz CT molecular complexity index is 349. The summed E-state index contributed by atoms with van der Waals surface area (Å²) in [6.45, 7) is 6.42. The van der Waals surface area contributed by atoms with Gasteiger partial charge in [0, 0.05) is 12.6 Å². The van der Waals surface area contributed by atoms with Crippen LogP contribution in [0.1, 0.15) is 45.4 Å². The fraction of sp³-hybridized carbons (Fsp3) is 0.941. The number of piperidine rings is 1. The zero-order valence-corrected chi connectivity index (χ0v) is 15.4. The van der Waals surface area contributed by atoms with E-state index in [-0.39, 0.29) is 19.0 Å². The Morgan fingerprint density at radius 3 is 2.48 bits per heavy atom. The van der Waals surface area contributed by atoms with Crippen molar-refractivity contribution in [1.82, 2.24) is 9.80 Å². The number of carboxylic acids is 1. The molecule has 2 fully saturated rings. The molecule has 1 saturated carbocycles. The summed E-state index contributed by atoms with van der Waals surface area (Å²) < 4.78 is 6.10. The maximum Gasteiger partial charge on any atom is 0.317 e. The summed E-state index contributed by atoms with van der Waals surface area (Å²) in [5.41, 5.74) is 0. The molecule has 0 radical (unpaired) electrons. The zero-order valence-electron chi connectivity index (χ0n) is 14.6. The fourth-order valence-corrected chi connectivity index (χ4v) is 3.79. The average molecular weight is 349 g/mol. The first kappa shape index (κ1) is 20.7. The van der Waals surface area contributed by atoms with E-state index in [1.165, 1.54) is 25.7 Å². The summed E-state index contributed by atoms with van der Waals surface area (Å²) in [5.74, 6) is -0.0240. The van der Waals surface area contributed by atoms with Crippen LogP contribution in [-0.4, -0.2) is 72.9 Å². The highest BCUT2D eigenvalue weighted by molar-refractivity contribution is 5.85. The van der Waals surface area contributed by atoms with Crippen molar-refractivity contribution in [3.05, 3.63) is 0 Å². The molecular formula is C17H33ClN2O3. The molecule has 0 bridgehead atoms. The standard InChI is InChI=1S/C17H32N2O3.ClH/c1-14-5-3-4-6-16(14)22-12-11-19-9-7-15(8-10-19)18(2)13-17(20)21;/h14-16H,3-13H2,1-2H3,(H,20,21);1H. The number of likely N-dealkylation sites (tertiary alicyclic amines) is 1. The predicted octanol–water partition coefficient (Wildman–Crippen LogP) is 2.48. The van der Waals surface area contributed by atoms with Gasteiger partial charge < -0.3 is 14.7 Å². The molecule has 2 rings (SSSR count). The fourth-order valence-electron chi connectivity index (χ4n) is 3.79. The van der Waals surface area contributed by atoms with Crippen LogP contribution in [0.5, 0.6) is 0 Å². The van der Waals surface area contributed by atoms with Crippen LogP contribution in [0.4, 0.5) is 0 Å². The van der Waals surface area contributed by atoms with Gasteiger partial charge in [0.05, 0.1) is 19.3 Å². The van der Waals surface area contributed by atoms with Gasteiger partial charge in [-0.05, 0) is 51.7 Å². The Balaban J connectivity index is 0.00000264. The second kappa shape index (κ2) is 10.5. The molecule has 0 aromatic rings. The molecule has 1 saturated heterocycles. The predicted molar refractivity (Wildman–Crippen MR) is 94.3 cm³/mol. The van der Waals surface area contributed by atoms with E-state index in [0.717, 1.165) is 39.1 Å². The number of halogens is 1. The first-order chi connectivity index (χ1) is 10.6. The number of hydrogen-bond acceptors (Lipinski definition) is 4. The van der Waals surface area contributed by atoms with Crippen LogP contribution in [0, 0.1) is 5.92 Å². The lowest BCUT2D eigenvalue weighted by molar-refractivity contribution is -0.138. The van der Waals surface area contributed by atoms with Gasteiger partial charge in [0.25, 0.3) is 0 Å². The van der Waals surface area contributed by atoms with Crippen LogP contribution in [0.25, 0.3) is 0 Å². The Morgan fingerprint density at radius 1 is 1.22 bits per heavy atom. The van der Waals surface area contributed by atoms with E-state index in [9.17, 15) is 4.79 Å². The monoisotopic (exact) mass is 348 g/mol. The maximum absolute atomic E-state index is 10.8. The average Bonchev–Trinajstić information content (AvgIpc) is 2.49. The zero-order chi connectivity index (χ0) is 15.9. The number of carboxylic acid groups (broad SMARTS) is 1. The molecule has 6 heteroatoms. The Hall–Kier alpha value is -0.360. The second-order valence-corrected chi connectivity index (χ2v) is 7.05. The molecule has 0 aromatic heterocycles. The Kier molecular flexibility index (Phi) is 9.44. The highest BCUT2D eigenvalue weighted by Gasteiger charge is 2.25. The van der Waals surface area contributed by atoms with Crippen molar-refractivity contribution < 1.29 is 14.6 Å². The van der Waals surface area contributed by atoms with E-state index < -0.39 is 5.97 Å². The van der Waals surface area contributed by atoms with Crippen molar-refractivity contribution in [2.45, 2.75) is 57.6 Å². The van der Waals surface area contributed by atoms with Crippen molar-refractivity contribution in [2.75, 3.05) is 39.8 Å². The van der Waals surface area contributed by atoms with Crippen LogP contribution in [0.3, 0.4) is 0 Å². The van der Waals surface area contributed by atoms with E-state index >= 15 is 0 Å². The lowest BCUT2D eigenvalue weighted by atomic mass is 9.88. The molecule has 0 aromatic carbocycles. The summed E-state index contributed by atoms with van der Waals surface area (Å²) in [5, 5.41) is 8.86. The summed E-state index contributed by atoms with van der Waals surface area (Å²) in [4.78, 5) is 15.2. The molecule has 2 atom stereocenters. The SMILES string of the molecule is CC1CCCCC1OCCN1CCC(N(C)CC(=O)O)CC1.Cl. The van der Waals surface area contributed by atoms with Gasteiger partial charge in [-0.15, -0.1) is 12.4 Å². The van der Waals surface area contributed by atoms with Gasteiger partial charge in [-0.2, -0.15) is 0 Å². The number of ether oxygens (including phenoxy) is 1. The number of aliphatic carboxylic acids is 1. The van der Waals surface area contributed by atoms with E-state index in [1.807, 2.05) is 11.9 Å². The van der Waals surface area contributed by atoms with Gasteiger partial charge >= 0.3 is 5.97 Å². The highest BCUT2D eigenvalue weighted by atomic mass is 35.5. The first-order valence-corrected chi connectivity index (χ1v) is 8.82. The van der Waals surface area contributed by atoms with Gasteiger partial charge in [-0.1, -0.05) is 19.8 Å². The minimum Gasteiger partial charge on any atom is -0.480 e. The molecule has 1 heterocycles. The summed E-state index contributed by atoms with van der Waals surface area (Å²) >= 11 is 0. The topological polar surface area (TPSA) is 53.0 Å². The smallest absolute Gasteiger partial charge is 0.317 e. The number of likely N-dealkylation sites (N-methyl/N-ethyl adjacent to an activating group) is 1. The van der Waals surface area contributed by atoms with Gasteiger partial charge in [0.1, 0.15) is 0 Å². The van der Waals surface area contributed by atoms with Crippen molar-refractivity contribution in [3.8, 4) is 0 Å². The van der Waals surface area contributed by atoms with E-state index in [4.69, 9.17) is 9.84 Å². The first-order valence-electron chi connectivity index (χ1n) is 8.82. The molecule has 1 N–H and O–H groups in total. The largest absolute Gasteiger partial charge is 0.480 e. The molecule has 136 valence electrons. The molecular weight excluding hydrogens is 316 g/mol. The molecule has 1 aliphatic carbocycles. The molecule has 5 nitrogen and oxygen atoms in total. The number of carbonyl (C=O) groups is 1. The van der Waals surface area contributed by atoms with Crippen LogP contribution in [0.15, 0.2) is 0 Å². The quantitative estimate of drug-likeness (QED) is 0.766. The van der Waals surface area contributed by atoms with E-state index in [1.54, 1.807) is 0 Å². The van der Waals surface area contributed by atoms with Crippen molar-refractivity contribution in [3.63, 3.8) is 0 Å². The van der Waals surface area contributed by atoms with E-state index in [2.05, 4.69) is 11.8 Å². The third-order valence-electron chi connectivity index (χ3n) is 5.34. The molecule has 2 aliphatic rings. The maximum atomic E-state index is 10.8. The molecule has 2 unspecified atom stereocenters. The van der Waals surface area contributed by atoms with Gasteiger partial charge in [-0.25, -0.2) is 0 Å². The molecule has 23 heavy (non-hydrogen) atoms. The van der Waals surface area contributed by atoms with E-state index in [0.29, 0.717) is 18.1 Å².